The van der Waals surface area contributed by atoms with Gasteiger partial charge in [0.15, 0.2) is 0 Å². The smallest absolute Gasteiger partial charge is 0.361 e. The molecule has 0 saturated heterocycles. The van der Waals surface area contributed by atoms with Gasteiger partial charge in [0.05, 0.1) is 11.4 Å². The maximum Gasteiger partial charge on any atom is 0.361 e. The zero-order valence-electron chi connectivity index (χ0n) is 7.06. The van der Waals surface area contributed by atoms with E-state index in [-0.39, 0.29) is 5.69 Å². The number of aromatic nitrogens is 2. The fourth-order valence-electron chi connectivity index (χ4n) is 1.85. The van der Waals surface area contributed by atoms with Crippen molar-refractivity contribution in [3.63, 3.8) is 0 Å². The Labute approximate surface area is 79.1 Å². The van der Waals surface area contributed by atoms with Gasteiger partial charge in [-0.25, -0.2) is 4.79 Å². The normalized spacial score (nSPS) is 20.6. The van der Waals surface area contributed by atoms with Gasteiger partial charge < -0.3 is 5.21 Å². The predicted molar refractivity (Wildman–Crippen MR) is 49.1 cm³/mol. The first-order chi connectivity index (χ1) is 6.29. The standard InChI is InChI=1S/C8H10N2O2S/c11-8-9(5-1-2-5)6-3-13-4-7(6)10(8)12/h5,12H,1-4H2. The molecule has 5 heteroatoms. The molecule has 1 aliphatic carbocycles. The third kappa shape index (κ3) is 0.905. The molecule has 1 aromatic heterocycles. The van der Waals surface area contributed by atoms with E-state index < -0.39 is 0 Å². The molecule has 2 aliphatic rings. The number of nitrogens with zero attached hydrogens (tertiary/aromatic N) is 2. The number of hydrogen-bond acceptors (Lipinski definition) is 3. The topological polar surface area (TPSA) is 47.2 Å². The molecule has 4 nitrogen and oxygen atoms in total. The average molecular weight is 198 g/mol. The second kappa shape index (κ2) is 2.35. The Morgan fingerprint density at radius 1 is 1.31 bits per heavy atom. The van der Waals surface area contributed by atoms with Gasteiger partial charge >= 0.3 is 5.69 Å². The molecule has 70 valence electrons. The number of thioether (sulfide) groups is 1. The molecule has 1 aromatic rings. The van der Waals surface area contributed by atoms with Crippen LogP contribution in [0.25, 0.3) is 0 Å². The van der Waals surface area contributed by atoms with Gasteiger partial charge in [0.2, 0.25) is 0 Å². The lowest BCUT2D eigenvalue weighted by atomic mass is 10.4. The monoisotopic (exact) mass is 198 g/mol. The van der Waals surface area contributed by atoms with Gasteiger partial charge in [0, 0.05) is 17.5 Å². The minimum Gasteiger partial charge on any atom is -0.424 e. The minimum absolute atomic E-state index is 0.243. The predicted octanol–water partition coefficient (Wildman–Crippen LogP) is 0.969. The lowest BCUT2D eigenvalue weighted by Crippen LogP contribution is -2.23. The average Bonchev–Trinajstić information content (AvgIpc) is 2.77. The van der Waals surface area contributed by atoms with Crippen molar-refractivity contribution >= 4 is 11.8 Å². The van der Waals surface area contributed by atoms with E-state index in [1.54, 1.807) is 16.3 Å². The van der Waals surface area contributed by atoms with Crippen LogP contribution in [0.5, 0.6) is 0 Å². The van der Waals surface area contributed by atoms with Crippen molar-refractivity contribution in [2.75, 3.05) is 0 Å². The molecule has 2 heterocycles. The first-order valence-electron chi connectivity index (χ1n) is 4.41. The van der Waals surface area contributed by atoms with Crippen molar-refractivity contribution in [1.29, 1.82) is 0 Å². The van der Waals surface area contributed by atoms with Crippen molar-refractivity contribution < 1.29 is 5.21 Å². The van der Waals surface area contributed by atoms with Gasteiger partial charge in [0.1, 0.15) is 0 Å². The molecular formula is C8H10N2O2S. The van der Waals surface area contributed by atoms with Crippen LogP contribution in [0.3, 0.4) is 0 Å². The molecule has 0 unspecified atom stereocenters. The lowest BCUT2D eigenvalue weighted by molar-refractivity contribution is 0.166. The molecular weight excluding hydrogens is 188 g/mol. The van der Waals surface area contributed by atoms with Gasteiger partial charge in [-0.2, -0.15) is 0 Å². The molecule has 1 N–H and O–H groups in total. The Bertz CT molecular complexity index is 417. The lowest BCUT2D eigenvalue weighted by Gasteiger charge is -1.99. The number of rotatable bonds is 1. The fourth-order valence-corrected chi connectivity index (χ4v) is 2.93. The van der Waals surface area contributed by atoms with E-state index in [1.165, 1.54) is 0 Å². The summed E-state index contributed by atoms with van der Waals surface area (Å²) in [6.07, 6.45) is 2.17. The van der Waals surface area contributed by atoms with Gasteiger partial charge in [-0.05, 0) is 12.8 Å². The molecule has 0 aromatic carbocycles. The van der Waals surface area contributed by atoms with E-state index in [9.17, 15) is 10.0 Å². The van der Waals surface area contributed by atoms with E-state index in [1.807, 2.05) is 0 Å². The Morgan fingerprint density at radius 3 is 2.69 bits per heavy atom. The fraction of sp³-hybridized carbons (Fsp3) is 0.625. The van der Waals surface area contributed by atoms with Gasteiger partial charge in [-0.1, -0.05) is 0 Å². The summed E-state index contributed by atoms with van der Waals surface area (Å²) >= 11 is 1.75. The molecule has 0 bridgehead atoms. The number of fused-ring (bicyclic) bond motifs is 1. The highest BCUT2D eigenvalue weighted by Gasteiger charge is 2.33. The van der Waals surface area contributed by atoms with Gasteiger partial charge in [0.25, 0.3) is 0 Å². The number of imidazole rings is 1. The van der Waals surface area contributed by atoms with Crippen LogP contribution in [-0.2, 0) is 11.5 Å². The maximum atomic E-state index is 11.6. The molecule has 13 heavy (non-hydrogen) atoms. The summed E-state index contributed by atoms with van der Waals surface area (Å²) in [4.78, 5) is 11.6. The Balaban J connectivity index is 2.27. The van der Waals surface area contributed by atoms with Crippen LogP contribution in [0.15, 0.2) is 4.79 Å². The van der Waals surface area contributed by atoms with Crippen LogP contribution < -0.4 is 5.69 Å². The third-order valence-electron chi connectivity index (χ3n) is 2.66. The van der Waals surface area contributed by atoms with Crippen molar-refractivity contribution in [2.45, 2.75) is 30.4 Å². The van der Waals surface area contributed by atoms with Gasteiger partial charge in [-0.3, -0.25) is 4.57 Å². The summed E-state index contributed by atoms with van der Waals surface area (Å²) < 4.78 is 2.60. The zero-order valence-corrected chi connectivity index (χ0v) is 7.88. The second-order valence-electron chi connectivity index (χ2n) is 3.58. The van der Waals surface area contributed by atoms with Crippen molar-refractivity contribution in [2.24, 2.45) is 0 Å². The van der Waals surface area contributed by atoms with Crippen LogP contribution in [0.4, 0.5) is 0 Å². The summed E-state index contributed by atoms with van der Waals surface area (Å²) in [7, 11) is 0. The van der Waals surface area contributed by atoms with Crippen LogP contribution in [0.1, 0.15) is 30.3 Å². The minimum atomic E-state index is -0.243. The molecule has 0 atom stereocenters. The van der Waals surface area contributed by atoms with Gasteiger partial charge in [-0.15, -0.1) is 16.5 Å². The van der Waals surface area contributed by atoms with E-state index in [4.69, 9.17) is 0 Å². The highest BCUT2D eigenvalue weighted by molar-refractivity contribution is 7.98. The molecule has 1 fully saturated rings. The second-order valence-corrected chi connectivity index (χ2v) is 4.57. The van der Waals surface area contributed by atoms with Crippen molar-refractivity contribution in [1.82, 2.24) is 9.30 Å². The Hall–Kier alpha value is -0.840. The van der Waals surface area contributed by atoms with E-state index in [0.29, 0.717) is 6.04 Å². The number of hydrogen-bond donors (Lipinski definition) is 1. The maximum absolute atomic E-state index is 11.6. The van der Waals surface area contributed by atoms with Crippen molar-refractivity contribution in [3.8, 4) is 0 Å². The Morgan fingerprint density at radius 2 is 2.00 bits per heavy atom. The van der Waals surface area contributed by atoms with E-state index in [2.05, 4.69) is 0 Å². The summed E-state index contributed by atoms with van der Waals surface area (Å²) in [6.45, 7) is 0. The van der Waals surface area contributed by atoms with Crippen LogP contribution in [-0.4, -0.2) is 14.5 Å². The summed E-state index contributed by atoms with van der Waals surface area (Å²) in [5, 5.41) is 9.49. The molecule has 0 amide bonds. The molecule has 0 spiro atoms. The zero-order chi connectivity index (χ0) is 9.00. The SMILES string of the molecule is O=c1n(O)c2c(n1C1CC1)CSC2. The Kier molecular flexibility index (Phi) is 1.36. The van der Waals surface area contributed by atoms with E-state index in [0.717, 1.165) is 40.5 Å². The molecule has 1 aliphatic heterocycles. The quantitative estimate of drug-likeness (QED) is 0.684. The first-order valence-corrected chi connectivity index (χ1v) is 5.56. The first kappa shape index (κ1) is 7.55. The molecule has 1 saturated carbocycles. The third-order valence-corrected chi connectivity index (χ3v) is 3.61. The van der Waals surface area contributed by atoms with Crippen LogP contribution in [0, 0.1) is 0 Å². The van der Waals surface area contributed by atoms with Crippen LogP contribution in [0.2, 0.25) is 0 Å². The van der Waals surface area contributed by atoms with Crippen LogP contribution >= 0.6 is 11.8 Å². The molecule has 0 radical (unpaired) electrons. The summed E-state index contributed by atoms with van der Waals surface area (Å²) in [5.74, 6) is 1.63. The largest absolute Gasteiger partial charge is 0.424 e. The summed E-state index contributed by atoms with van der Waals surface area (Å²) in [6, 6.07) is 0.369. The highest BCUT2D eigenvalue weighted by Crippen LogP contribution is 2.38. The summed E-state index contributed by atoms with van der Waals surface area (Å²) in [5.41, 5.74) is 1.61. The van der Waals surface area contributed by atoms with E-state index >= 15 is 0 Å². The highest BCUT2D eigenvalue weighted by atomic mass is 32.2. The van der Waals surface area contributed by atoms with Crippen molar-refractivity contribution in [3.05, 3.63) is 21.9 Å². The molecule has 3 rings (SSSR count).